The van der Waals surface area contributed by atoms with Crippen LogP contribution in [0, 0.1) is 0 Å². The van der Waals surface area contributed by atoms with E-state index in [2.05, 4.69) is 40.5 Å². The molecule has 0 amide bonds. The quantitative estimate of drug-likeness (QED) is 0.713. The Kier molecular flexibility index (Phi) is 7.06. The number of nitrogens with one attached hydrogen (secondary N) is 1. The van der Waals surface area contributed by atoms with E-state index in [0.717, 1.165) is 25.6 Å². The summed E-state index contributed by atoms with van der Waals surface area (Å²) in [6.07, 6.45) is 6.11. The second kappa shape index (κ2) is 9.11. The number of rotatable bonds is 8. The van der Waals surface area contributed by atoms with Crippen LogP contribution in [0.4, 0.5) is 0 Å². The summed E-state index contributed by atoms with van der Waals surface area (Å²) < 4.78 is 0. The van der Waals surface area contributed by atoms with E-state index in [4.69, 9.17) is 5.73 Å². The fraction of sp³-hybridized carbons (Fsp3) is 0.647. The van der Waals surface area contributed by atoms with E-state index in [1.54, 1.807) is 0 Å². The molecule has 0 spiro atoms. The summed E-state index contributed by atoms with van der Waals surface area (Å²) in [5.41, 5.74) is 6.97. The average Bonchev–Trinajstić information content (AvgIpc) is 2.52. The van der Waals surface area contributed by atoms with Crippen molar-refractivity contribution in [2.75, 3.05) is 32.7 Å². The van der Waals surface area contributed by atoms with Gasteiger partial charge >= 0.3 is 0 Å². The molecule has 1 heterocycles. The maximum atomic E-state index is 5.51. The van der Waals surface area contributed by atoms with Crippen LogP contribution >= 0.6 is 0 Å². The highest BCUT2D eigenvalue weighted by Gasteiger charge is 2.17. The van der Waals surface area contributed by atoms with E-state index in [1.165, 1.54) is 50.9 Å². The Morgan fingerprint density at radius 2 is 1.85 bits per heavy atom. The van der Waals surface area contributed by atoms with E-state index in [-0.39, 0.29) is 0 Å². The van der Waals surface area contributed by atoms with Crippen molar-refractivity contribution >= 4 is 0 Å². The first-order valence-corrected chi connectivity index (χ1v) is 8.08. The van der Waals surface area contributed by atoms with Gasteiger partial charge in [0.05, 0.1) is 0 Å². The Morgan fingerprint density at radius 3 is 2.55 bits per heavy atom. The first kappa shape index (κ1) is 15.5. The molecule has 1 aromatic rings. The molecule has 3 heteroatoms. The van der Waals surface area contributed by atoms with Crippen LogP contribution in [0.2, 0.25) is 0 Å². The van der Waals surface area contributed by atoms with Crippen LogP contribution < -0.4 is 11.1 Å². The molecule has 0 saturated carbocycles. The second-order valence-electron chi connectivity index (χ2n) is 5.80. The minimum Gasteiger partial charge on any atom is -0.330 e. The van der Waals surface area contributed by atoms with Crippen molar-refractivity contribution in [3.8, 4) is 0 Å². The van der Waals surface area contributed by atoms with Gasteiger partial charge in [0, 0.05) is 12.6 Å². The lowest BCUT2D eigenvalue weighted by atomic mass is 10.0. The van der Waals surface area contributed by atoms with Crippen LogP contribution in [0.3, 0.4) is 0 Å². The molecular weight excluding hydrogens is 246 g/mol. The van der Waals surface area contributed by atoms with Gasteiger partial charge in [-0.25, -0.2) is 0 Å². The summed E-state index contributed by atoms with van der Waals surface area (Å²) in [7, 11) is 0. The minimum atomic E-state index is 0.723. The molecule has 0 unspecified atom stereocenters. The van der Waals surface area contributed by atoms with Crippen molar-refractivity contribution in [3.05, 3.63) is 35.9 Å². The third-order valence-corrected chi connectivity index (χ3v) is 4.21. The fourth-order valence-corrected chi connectivity index (χ4v) is 2.87. The maximum absolute atomic E-state index is 5.51. The van der Waals surface area contributed by atoms with Crippen LogP contribution in [0.5, 0.6) is 0 Å². The second-order valence-corrected chi connectivity index (χ2v) is 5.80. The van der Waals surface area contributed by atoms with Crippen LogP contribution in [0.1, 0.15) is 31.2 Å². The number of piperidine rings is 1. The lowest BCUT2D eigenvalue weighted by Gasteiger charge is -2.32. The van der Waals surface area contributed by atoms with Crippen LogP contribution in [-0.4, -0.2) is 43.7 Å². The number of unbranched alkanes of at least 4 members (excludes halogenated alkanes) is 1. The third kappa shape index (κ3) is 5.61. The molecule has 1 fully saturated rings. The smallest absolute Gasteiger partial charge is 0.00914 e. The van der Waals surface area contributed by atoms with Crippen LogP contribution in [0.15, 0.2) is 30.3 Å². The van der Waals surface area contributed by atoms with Crippen molar-refractivity contribution < 1.29 is 0 Å². The highest BCUT2D eigenvalue weighted by molar-refractivity contribution is 5.14. The zero-order chi connectivity index (χ0) is 14.0. The number of likely N-dealkylation sites (tertiary alicyclic amines) is 1. The van der Waals surface area contributed by atoms with Crippen LogP contribution in [-0.2, 0) is 6.42 Å². The third-order valence-electron chi connectivity index (χ3n) is 4.21. The monoisotopic (exact) mass is 275 g/mol. The maximum Gasteiger partial charge on any atom is 0.00914 e. The molecule has 0 radical (unpaired) electrons. The van der Waals surface area contributed by atoms with Gasteiger partial charge in [-0.3, -0.25) is 0 Å². The van der Waals surface area contributed by atoms with E-state index in [1.807, 2.05) is 0 Å². The predicted molar refractivity (Wildman–Crippen MR) is 85.9 cm³/mol. The van der Waals surface area contributed by atoms with Gasteiger partial charge in [-0.05, 0) is 63.8 Å². The van der Waals surface area contributed by atoms with Gasteiger partial charge in [-0.15, -0.1) is 0 Å². The molecule has 1 aromatic carbocycles. The van der Waals surface area contributed by atoms with E-state index in [0.29, 0.717) is 0 Å². The summed E-state index contributed by atoms with van der Waals surface area (Å²) in [6, 6.07) is 11.5. The van der Waals surface area contributed by atoms with E-state index in [9.17, 15) is 0 Å². The van der Waals surface area contributed by atoms with Gasteiger partial charge < -0.3 is 16.0 Å². The zero-order valence-corrected chi connectivity index (χ0v) is 12.6. The number of hydrogen-bond donors (Lipinski definition) is 2. The highest BCUT2D eigenvalue weighted by Crippen LogP contribution is 2.11. The molecule has 112 valence electrons. The predicted octanol–water partition coefficient (Wildman–Crippen LogP) is 2.02. The van der Waals surface area contributed by atoms with Crippen molar-refractivity contribution in [2.45, 2.75) is 38.1 Å². The zero-order valence-electron chi connectivity index (χ0n) is 12.6. The fourth-order valence-electron chi connectivity index (χ4n) is 2.87. The molecule has 1 aliphatic heterocycles. The molecular formula is C17H29N3. The Bertz CT molecular complexity index is 345. The standard InChI is InChI=1S/C17H29N3/c18-11-4-5-12-19-17-9-14-20(15-10-17)13-8-16-6-2-1-3-7-16/h1-3,6-7,17,19H,4-5,8-15,18H2. The largest absolute Gasteiger partial charge is 0.330 e. The van der Waals surface area contributed by atoms with Gasteiger partial charge in [-0.2, -0.15) is 0 Å². The van der Waals surface area contributed by atoms with Crippen LogP contribution in [0.25, 0.3) is 0 Å². The lowest BCUT2D eigenvalue weighted by Crippen LogP contribution is -2.43. The molecule has 1 saturated heterocycles. The number of hydrogen-bond acceptors (Lipinski definition) is 3. The Morgan fingerprint density at radius 1 is 1.10 bits per heavy atom. The minimum absolute atomic E-state index is 0.723. The Balaban J connectivity index is 1.57. The van der Waals surface area contributed by atoms with E-state index >= 15 is 0 Å². The molecule has 1 aliphatic rings. The van der Waals surface area contributed by atoms with Crippen molar-refractivity contribution in [2.24, 2.45) is 5.73 Å². The summed E-state index contributed by atoms with van der Waals surface area (Å²) in [6.45, 7) is 5.62. The molecule has 0 aliphatic carbocycles. The molecule has 0 bridgehead atoms. The summed E-state index contributed by atoms with van der Waals surface area (Å²) in [5, 5.41) is 3.67. The Labute approximate surface area is 123 Å². The topological polar surface area (TPSA) is 41.3 Å². The van der Waals surface area contributed by atoms with Gasteiger partial charge in [0.2, 0.25) is 0 Å². The van der Waals surface area contributed by atoms with Gasteiger partial charge in [-0.1, -0.05) is 30.3 Å². The van der Waals surface area contributed by atoms with Crippen molar-refractivity contribution in [3.63, 3.8) is 0 Å². The van der Waals surface area contributed by atoms with Gasteiger partial charge in [0.25, 0.3) is 0 Å². The molecule has 3 N–H and O–H groups in total. The summed E-state index contributed by atoms with van der Waals surface area (Å²) in [4.78, 5) is 2.60. The Hall–Kier alpha value is -0.900. The van der Waals surface area contributed by atoms with E-state index < -0.39 is 0 Å². The first-order chi connectivity index (χ1) is 9.88. The molecule has 3 nitrogen and oxygen atoms in total. The number of benzene rings is 1. The first-order valence-electron chi connectivity index (χ1n) is 8.08. The van der Waals surface area contributed by atoms with Gasteiger partial charge in [0.15, 0.2) is 0 Å². The van der Waals surface area contributed by atoms with Crippen molar-refractivity contribution in [1.29, 1.82) is 0 Å². The lowest BCUT2D eigenvalue weighted by molar-refractivity contribution is 0.199. The summed E-state index contributed by atoms with van der Waals surface area (Å²) >= 11 is 0. The SMILES string of the molecule is NCCCCNC1CCN(CCc2ccccc2)CC1. The molecule has 0 aromatic heterocycles. The van der Waals surface area contributed by atoms with Crippen molar-refractivity contribution in [1.82, 2.24) is 10.2 Å². The summed E-state index contributed by atoms with van der Waals surface area (Å²) in [5.74, 6) is 0. The normalized spacial score (nSPS) is 17.4. The highest BCUT2D eigenvalue weighted by atomic mass is 15.1. The average molecular weight is 275 g/mol. The number of nitrogens with zero attached hydrogens (tertiary/aromatic N) is 1. The molecule has 0 atom stereocenters. The molecule has 20 heavy (non-hydrogen) atoms. The number of nitrogens with two attached hydrogens (primary N) is 1. The molecule has 2 rings (SSSR count). The van der Waals surface area contributed by atoms with Gasteiger partial charge in [0.1, 0.15) is 0 Å².